The number of ether oxygens (including phenoxy) is 2. The second kappa shape index (κ2) is 35.3. The highest BCUT2D eigenvalue weighted by molar-refractivity contribution is 5.70. The average Bonchev–Trinajstić information content (AvgIpc) is 3.02. The number of rotatable bonds is 32. The lowest BCUT2D eigenvalue weighted by Gasteiger charge is -2.15. The first-order chi connectivity index (χ1) is 21.6. The Morgan fingerprint density at radius 1 is 0.523 bits per heavy atom. The van der Waals surface area contributed by atoms with Gasteiger partial charge in [0.25, 0.3) is 0 Å². The van der Waals surface area contributed by atoms with Crippen LogP contribution in [0.1, 0.15) is 168 Å². The molecule has 0 radical (unpaired) electrons. The van der Waals surface area contributed by atoms with Crippen LogP contribution in [0.25, 0.3) is 0 Å². The Hall–Kier alpha value is -2.14. The number of carbonyl (C=O) groups excluding carboxylic acids is 2. The fourth-order valence-corrected chi connectivity index (χ4v) is 4.83. The molecule has 0 aromatic heterocycles. The molecular formula is C39H68O5. The molecule has 44 heavy (non-hydrogen) atoms. The first-order valence-corrected chi connectivity index (χ1v) is 18.2. The van der Waals surface area contributed by atoms with Gasteiger partial charge in [0, 0.05) is 12.8 Å². The van der Waals surface area contributed by atoms with Gasteiger partial charge in [-0.05, 0) is 57.8 Å². The van der Waals surface area contributed by atoms with Gasteiger partial charge in [0.1, 0.15) is 6.61 Å². The van der Waals surface area contributed by atoms with Crippen molar-refractivity contribution in [1.29, 1.82) is 0 Å². The Kier molecular flexibility index (Phi) is 33.6. The van der Waals surface area contributed by atoms with Gasteiger partial charge in [-0.3, -0.25) is 9.59 Å². The van der Waals surface area contributed by atoms with E-state index in [1.165, 1.54) is 77.0 Å². The maximum Gasteiger partial charge on any atom is 0.306 e. The molecule has 0 bridgehead atoms. The van der Waals surface area contributed by atoms with E-state index < -0.39 is 6.10 Å². The van der Waals surface area contributed by atoms with Crippen LogP contribution in [-0.2, 0) is 19.1 Å². The molecule has 0 aliphatic heterocycles. The number of esters is 2. The summed E-state index contributed by atoms with van der Waals surface area (Å²) in [4.78, 5) is 24.1. The second-order valence-corrected chi connectivity index (χ2v) is 12.0. The standard InChI is InChI=1S/C39H68O5/c1-3-5-7-9-11-13-15-16-17-18-19-20-21-22-24-26-28-30-32-34-39(42)44-37(35-40)36-43-38(41)33-31-29-27-25-23-14-12-10-8-6-4-2/h11,13,16-17,19-20,22,24,37,40H,3-10,12,14-15,18,21,23,25-36H2,1-2H3/b13-11+,17-16+,20-19+,24-22+/t37-/m0/s1. The van der Waals surface area contributed by atoms with E-state index in [0.717, 1.165) is 64.2 Å². The van der Waals surface area contributed by atoms with Crippen molar-refractivity contribution in [2.24, 2.45) is 0 Å². The molecule has 0 aromatic carbocycles. The number of aliphatic hydroxyl groups is 1. The highest BCUT2D eigenvalue weighted by Crippen LogP contribution is 2.12. The quantitative estimate of drug-likeness (QED) is 0.0462. The third kappa shape index (κ3) is 32.8. The maximum absolute atomic E-state index is 12.1. The molecule has 5 heteroatoms. The van der Waals surface area contributed by atoms with Crippen molar-refractivity contribution in [3.63, 3.8) is 0 Å². The number of carbonyl (C=O) groups is 2. The van der Waals surface area contributed by atoms with Crippen molar-refractivity contribution in [2.45, 2.75) is 174 Å². The monoisotopic (exact) mass is 617 g/mol. The van der Waals surface area contributed by atoms with Crippen molar-refractivity contribution >= 4 is 11.9 Å². The van der Waals surface area contributed by atoms with Gasteiger partial charge >= 0.3 is 11.9 Å². The molecule has 0 rings (SSSR count). The van der Waals surface area contributed by atoms with Crippen LogP contribution in [0, 0.1) is 0 Å². The number of hydrogen-bond acceptors (Lipinski definition) is 5. The van der Waals surface area contributed by atoms with E-state index in [-0.39, 0.29) is 25.2 Å². The summed E-state index contributed by atoms with van der Waals surface area (Å²) in [7, 11) is 0. The van der Waals surface area contributed by atoms with Crippen molar-refractivity contribution in [3.05, 3.63) is 48.6 Å². The van der Waals surface area contributed by atoms with Crippen LogP contribution < -0.4 is 0 Å². The van der Waals surface area contributed by atoms with Gasteiger partial charge in [-0.1, -0.05) is 146 Å². The van der Waals surface area contributed by atoms with E-state index in [9.17, 15) is 14.7 Å². The largest absolute Gasteiger partial charge is 0.462 e. The molecule has 0 aromatic rings. The fourth-order valence-electron chi connectivity index (χ4n) is 4.83. The normalized spacial score (nSPS) is 12.7. The summed E-state index contributed by atoms with van der Waals surface area (Å²) >= 11 is 0. The minimum absolute atomic E-state index is 0.0782. The van der Waals surface area contributed by atoms with Crippen LogP contribution in [0.3, 0.4) is 0 Å². The minimum Gasteiger partial charge on any atom is -0.462 e. The molecule has 1 N–H and O–H groups in total. The molecule has 0 saturated carbocycles. The number of aliphatic hydroxyl groups excluding tert-OH is 1. The topological polar surface area (TPSA) is 72.8 Å². The molecule has 0 saturated heterocycles. The van der Waals surface area contributed by atoms with Crippen molar-refractivity contribution in [3.8, 4) is 0 Å². The molecule has 0 unspecified atom stereocenters. The smallest absolute Gasteiger partial charge is 0.306 e. The number of allylic oxidation sites excluding steroid dienone is 8. The Morgan fingerprint density at radius 3 is 1.41 bits per heavy atom. The Morgan fingerprint density at radius 2 is 0.909 bits per heavy atom. The van der Waals surface area contributed by atoms with Crippen molar-refractivity contribution in [1.82, 2.24) is 0 Å². The summed E-state index contributed by atoms with van der Waals surface area (Å²) in [6, 6.07) is 0. The zero-order valence-corrected chi connectivity index (χ0v) is 28.7. The molecule has 0 aliphatic carbocycles. The summed E-state index contributed by atoms with van der Waals surface area (Å²) in [6.07, 6.45) is 43.1. The SMILES string of the molecule is CCCCC/C=C/C/C=C/C/C=C/C/C=C/CCCCCC(=O)O[C@@H](CO)COC(=O)CCCCCCCCCCCCC. The van der Waals surface area contributed by atoms with Crippen molar-refractivity contribution < 1.29 is 24.2 Å². The maximum atomic E-state index is 12.1. The Balaban J connectivity index is 3.66. The van der Waals surface area contributed by atoms with E-state index in [1.807, 2.05) is 0 Å². The molecule has 1 atom stereocenters. The van der Waals surface area contributed by atoms with E-state index in [1.54, 1.807) is 0 Å². The number of unbranched alkanes of at least 4 members (excludes halogenated alkanes) is 16. The first kappa shape index (κ1) is 41.9. The molecule has 0 aliphatic rings. The molecule has 0 amide bonds. The van der Waals surface area contributed by atoms with E-state index >= 15 is 0 Å². The minimum atomic E-state index is -0.785. The van der Waals surface area contributed by atoms with E-state index in [0.29, 0.717) is 12.8 Å². The highest BCUT2D eigenvalue weighted by Gasteiger charge is 2.16. The average molecular weight is 617 g/mol. The lowest BCUT2D eigenvalue weighted by molar-refractivity contribution is -0.161. The second-order valence-electron chi connectivity index (χ2n) is 12.0. The molecule has 0 spiro atoms. The predicted octanol–water partition coefficient (Wildman–Crippen LogP) is 11.1. The fraction of sp³-hybridized carbons (Fsp3) is 0.744. The number of hydrogen-bond donors (Lipinski definition) is 1. The summed E-state index contributed by atoms with van der Waals surface area (Å²) in [5, 5.41) is 9.51. The lowest BCUT2D eigenvalue weighted by atomic mass is 10.1. The zero-order chi connectivity index (χ0) is 32.2. The van der Waals surface area contributed by atoms with Crippen LogP contribution >= 0.6 is 0 Å². The van der Waals surface area contributed by atoms with Gasteiger partial charge in [-0.15, -0.1) is 0 Å². The molecule has 0 heterocycles. The van der Waals surface area contributed by atoms with Gasteiger partial charge < -0.3 is 14.6 Å². The molecule has 0 fully saturated rings. The lowest BCUT2D eigenvalue weighted by Crippen LogP contribution is -2.28. The Labute approximate surface area is 271 Å². The van der Waals surface area contributed by atoms with Crippen molar-refractivity contribution in [2.75, 3.05) is 13.2 Å². The molecule has 254 valence electrons. The van der Waals surface area contributed by atoms with Crippen LogP contribution in [0.15, 0.2) is 48.6 Å². The van der Waals surface area contributed by atoms with Gasteiger partial charge in [-0.25, -0.2) is 0 Å². The van der Waals surface area contributed by atoms with Crippen LogP contribution in [0.4, 0.5) is 0 Å². The molecular weight excluding hydrogens is 548 g/mol. The van der Waals surface area contributed by atoms with Gasteiger partial charge in [0.05, 0.1) is 6.61 Å². The third-order valence-corrected chi connectivity index (χ3v) is 7.63. The first-order valence-electron chi connectivity index (χ1n) is 18.2. The summed E-state index contributed by atoms with van der Waals surface area (Å²) in [5.41, 5.74) is 0. The van der Waals surface area contributed by atoms with Crippen LogP contribution in [0.5, 0.6) is 0 Å². The van der Waals surface area contributed by atoms with Gasteiger partial charge in [-0.2, -0.15) is 0 Å². The summed E-state index contributed by atoms with van der Waals surface area (Å²) in [5.74, 6) is -0.629. The highest BCUT2D eigenvalue weighted by atomic mass is 16.6. The van der Waals surface area contributed by atoms with Gasteiger partial charge in [0.15, 0.2) is 6.10 Å². The van der Waals surface area contributed by atoms with Crippen LogP contribution in [0.2, 0.25) is 0 Å². The molecule has 5 nitrogen and oxygen atoms in total. The van der Waals surface area contributed by atoms with E-state index in [2.05, 4.69) is 62.5 Å². The van der Waals surface area contributed by atoms with E-state index in [4.69, 9.17) is 9.47 Å². The summed E-state index contributed by atoms with van der Waals surface area (Å²) < 4.78 is 10.5. The Bertz CT molecular complexity index is 752. The third-order valence-electron chi connectivity index (χ3n) is 7.63. The summed E-state index contributed by atoms with van der Waals surface area (Å²) in [6.45, 7) is 4.06. The van der Waals surface area contributed by atoms with Gasteiger partial charge in [0.2, 0.25) is 0 Å². The van der Waals surface area contributed by atoms with Crippen LogP contribution in [-0.4, -0.2) is 36.4 Å². The predicted molar refractivity (Wildman–Crippen MR) is 187 cm³/mol. The zero-order valence-electron chi connectivity index (χ0n) is 28.7.